The van der Waals surface area contributed by atoms with Gasteiger partial charge in [0.1, 0.15) is 6.54 Å². The van der Waals surface area contributed by atoms with Crippen molar-refractivity contribution in [3.63, 3.8) is 0 Å². The topological polar surface area (TPSA) is 108 Å². The van der Waals surface area contributed by atoms with Crippen molar-refractivity contribution in [1.29, 1.82) is 0 Å². The lowest BCUT2D eigenvalue weighted by Crippen LogP contribution is -2.39. The maximum absolute atomic E-state index is 13.2. The fraction of sp³-hybridized carbons (Fsp3) is 0.130. The number of ether oxygens (including phenoxy) is 1. The molecule has 166 valence electrons. The Balaban J connectivity index is 1.82. The smallest absolute Gasteiger partial charge is 0.264 e. The molecule has 0 aromatic heterocycles. The van der Waals surface area contributed by atoms with E-state index in [0.717, 1.165) is 9.87 Å². The van der Waals surface area contributed by atoms with Crippen LogP contribution < -0.4 is 14.5 Å². The number of amides is 1. The van der Waals surface area contributed by atoms with Crippen LogP contribution in [0.2, 0.25) is 0 Å². The van der Waals surface area contributed by atoms with E-state index in [1.54, 1.807) is 60.7 Å². The Morgan fingerprint density at radius 3 is 2.41 bits per heavy atom. The van der Waals surface area contributed by atoms with Crippen LogP contribution in [0.1, 0.15) is 11.1 Å². The average molecular weight is 454 g/mol. The Hall–Kier alpha value is -3.85. The second-order valence-corrected chi connectivity index (χ2v) is 8.71. The van der Waals surface area contributed by atoms with Crippen molar-refractivity contribution in [3.05, 3.63) is 83.9 Å². The summed E-state index contributed by atoms with van der Waals surface area (Å²) in [5.74, 6) is -0.510. The lowest BCUT2D eigenvalue weighted by molar-refractivity contribution is -0.119. The van der Waals surface area contributed by atoms with Gasteiger partial charge in [-0.05, 0) is 43.3 Å². The van der Waals surface area contributed by atoms with Gasteiger partial charge in [-0.1, -0.05) is 42.0 Å². The minimum Gasteiger partial charge on any atom is -0.504 e. The van der Waals surface area contributed by atoms with Gasteiger partial charge in [0, 0.05) is 5.56 Å². The number of carbonyl (C=O) groups excluding carboxylic acids is 1. The number of hydrogen-bond donors (Lipinski definition) is 2. The van der Waals surface area contributed by atoms with Gasteiger partial charge in [-0.3, -0.25) is 9.10 Å². The third-order valence-electron chi connectivity index (χ3n) is 4.58. The molecule has 0 bridgehead atoms. The number of hydrazone groups is 1. The summed E-state index contributed by atoms with van der Waals surface area (Å²) in [6, 6.07) is 19.5. The SMILES string of the molecule is COc1cccc(/C=N/NC(=O)CN(c2ccc(C)cc2)S(=O)(=O)c2ccccc2)c1O. The molecule has 8 nitrogen and oxygen atoms in total. The molecular weight excluding hydrogens is 430 g/mol. The Kier molecular flexibility index (Phi) is 7.11. The Labute approximate surface area is 186 Å². The minimum absolute atomic E-state index is 0.0678. The van der Waals surface area contributed by atoms with Gasteiger partial charge in [0.25, 0.3) is 15.9 Å². The number of phenolic OH excluding ortho intramolecular Hbond substituents is 1. The van der Waals surface area contributed by atoms with Gasteiger partial charge in [0.2, 0.25) is 0 Å². The number of carbonyl (C=O) groups is 1. The number of aromatic hydroxyl groups is 1. The third kappa shape index (κ3) is 5.25. The quantitative estimate of drug-likeness (QED) is 0.403. The molecule has 3 aromatic rings. The fourth-order valence-corrected chi connectivity index (χ4v) is 4.34. The van der Waals surface area contributed by atoms with Crippen molar-refractivity contribution < 1.29 is 23.1 Å². The largest absolute Gasteiger partial charge is 0.504 e. The molecule has 32 heavy (non-hydrogen) atoms. The third-order valence-corrected chi connectivity index (χ3v) is 6.37. The van der Waals surface area contributed by atoms with Gasteiger partial charge in [-0.15, -0.1) is 0 Å². The molecule has 3 rings (SSSR count). The molecule has 0 atom stereocenters. The first kappa shape index (κ1) is 22.8. The first-order valence-corrected chi connectivity index (χ1v) is 11.1. The van der Waals surface area contributed by atoms with E-state index in [2.05, 4.69) is 10.5 Å². The Morgan fingerprint density at radius 1 is 1.06 bits per heavy atom. The number of rotatable bonds is 8. The van der Waals surface area contributed by atoms with Crippen molar-refractivity contribution in [2.75, 3.05) is 18.0 Å². The molecule has 0 aliphatic heterocycles. The van der Waals surface area contributed by atoms with E-state index in [-0.39, 0.29) is 16.4 Å². The molecule has 1 amide bonds. The number of para-hydroxylation sites is 1. The monoisotopic (exact) mass is 453 g/mol. The Morgan fingerprint density at radius 2 is 1.75 bits per heavy atom. The van der Waals surface area contributed by atoms with E-state index in [4.69, 9.17) is 4.74 Å². The highest BCUT2D eigenvalue weighted by atomic mass is 32.2. The number of methoxy groups -OCH3 is 1. The van der Waals surface area contributed by atoms with Crippen molar-refractivity contribution in [2.24, 2.45) is 5.10 Å². The van der Waals surface area contributed by atoms with Crippen LogP contribution in [-0.2, 0) is 14.8 Å². The molecule has 0 aliphatic rings. The van der Waals surface area contributed by atoms with Crippen molar-refractivity contribution in [2.45, 2.75) is 11.8 Å². The number of anilines is 1. The molecule has 0 unspecified atom stereocenters. The summed E-state index contributed by atoms with van der Waals surface area (Å²) in [6.07, 6.45) is 1.25. The predicted molar refractivity (Wildman–Crippen MR) is 123 cm³/mol. The highest BCUT2D eigenvalue weighted by Gasteiger charge is 2.27. The summed E-state index contributed by atoms with van der Waals surface area (Å²) in [5.41, 5.74) is 3.94. The van der Waals surface area contributed by atoms with Gasteiger partial charge in [0.15, 0.2) is 11.5 Å². The molecule has 9 heteroatoms. The lowest BCUT2D eigenvalue weighted by Gasteiger charge is -2.23. The lowest BCUT2D eigenvalue weighted by atomic mass is 10.2. The van der Waals surface area contributed by atoms with Crippen LogP contribution in [0.25, 0.3) is 0 Å². The molecule has 3 aromatic carbocycles. The predicted octanol–water partition coefficient (Wildman–Crippen LogP) is 3.05. The van der Waals surface area contributed by atoms with Crippen LogP contribution in [0, 0.1) is 6.92 Å². The van der Waals surface area contributed by atoms with E-state index in [1.165, 1.54) is 25.5 Å². The maximum Gasteiger partial charge on any atom is 0.264 e. The summed E-state index contributed by atoms with van der Waals surface area (Å²) >= 11 is 0. The van der Waals surface area contributed by atoms with E-state index in [1.807, 2.05) is 6.92 Å². The van der Waals surface area contributed by atoms with Gasteiger partial charge in [-0.25, -0.2) is 13.8 Å². The highest BCUT2D eigenvalue weighted by Crippen LogP contribution is 2.28. The average Bonchev–Trinajstić information content (AvgIpc) is 2.80. The molecule has 0 aliphatic carbocycles. The second kappa shape index (κ2) is 9.97. The first-order valence-electron chi connectivity index (χ1n) is 9.65. The molecule has 0 radical (unpaired) electrons. The number of benzene rings is 3. The number of nitrogens with one attached hydrogen (secondary N) is 1. The fourth-order valence-electron chi connectivity index (χ4n) is 2.89. The molecule has 0 heterocycles. The minimum atomic E-state index is -3.99. The van der Waals surface area contributed by atoms with Crippen molar-refractivity contribution in [1.82, 2.24) is 5.43 Å². The summed E-state index contributed by atoms with van der Waals surface area (Å²) in [6.45, 7) is 1.40. The van der Waals surface area contributed by atoms with E-state index in [0.29, 0.717) is 11.3 Å². The molecular formula is C23H23N3O5S. The highest BCUT2D eigenvalue weighted by molar-refractivity contribution is 7.92. The van der Waals surface area contributed by atoms with Gasteiger partial charge < -0.3 is 9.84 Å². The second-order valence-electron chi connectivity index (χ2n) is 6.85. The molecule has 0 fully saturated rings. The number of nitrogens with zero attached hydrogens (tertiary/aromatic N) is 2. The van der Waals surface area contributed by atoms with Gasteiger partial charge >= 0.3 is 0 Å². The van der Waals surface area contributed by atoms with Crippen LogP contribution in [0.15, 0.2) is 82.8 Å². The maximum atomic E-state index is 13.2. The molecule has 0 saturated heterocycles. The van der Waals surface area contributed by atoms with Gasteiger partial charge in [-0.2, -0.15) is 5.10 Å². The summed E-state index contributed by atoms with van der Waals surface area (Å²) < 4.78 is 32.5. The van der Waals surface area contributed by atoms with Crippen molar-refractivity contribution in [3.8, 4) is 11.5 Å². The zero-order valence-corrected chi connectivity index (χ0v) is 18.4. The number of sulfonamides is 1. The van der Waals surface area contributed by atoms with Crippen LogP contribution >= 0.6 is 0 Å². The number of aryl methyl sites for hydroxylation is 1. The number of hydrogen-bond acceptors (Lipinski definition) is 6. The zero-order chi connectivity index (χ0) is 23.1. The summed E-state index contributed by atoms with van der Waals surface area (Å²) in [7, 11) is -2.57. The van der Waals surface area contributed by atoms with Crippen LogP contribution in [0.3, 0.4) is 0 Å². The summed E-state index contributed by atoms with van der Waals surface area (Å²) in [5, 5.41) is 13.9. The van der Waals surface area contributed by atoms with Crippen LogP contribution in [-0.4, -0.2) is 39.3 Å². The van der Waals surface area contributed by atoms with E-state index < -0.39 is 22.5 Å². The summed E-state index contributed by atoms with van der Waals surface area (Å²) in [4.78, 5) is 12.6. The normalized spacial score (nSPS) is 11.3. The molecule has 0 saturated carbocycles. The molecule has 2 N–H and O–H groups in total. The Bertz CT molecular complexity index is 1210. The van der Waals surface area contributed by atoms with Crippen LogP contribution in [0.4, 0.5) is 5.69 Å². The van der Waals surface area contributed by atoms with Crippen LogP contribution in [0.5, 0.6) is 11.5 Å². The number of phenols is 1. The van der Waals surface area contributed by atoms with E-state index in [9.17, 15) is 18.3 Å². The molecule has 0 spiro atoms. The van der Waals surface area contributed by atoms with E-state index >= 15 is 0 Å². The van der Waals surface area contributed by atoms with Crippen molar-refractivity contribution >= 4 is 27.8 Å². The first-order chi connectivity index (χ1) is 15.3. The zero-order valence-electron chi connectivity index (χ0n) is 17.6. The van der Waals surface area contributed by atoms with Gasteiger partial charge in [0.05, 0.1) is 23.9 Å². The standard InChI is InChI=1S/C23H23N3O5S/c1-17-11-13-19(14-12-17)26(32(29,30)20-8-4-3-5-9-20)16-22(27)25-24-15-18-7-6-10-21(31-2)23(18)28/h3-15,28H,16H2,1-2H3,(H,25,27)/b24-15+.